The van der Waals surface area contributed by atoms with Crippen molar-refractivity contribution < 1.29 is 24.2 Å². The molecule has 0 spiro atoms. The van der Waals surface area contributed by atoms with E-state index in [1.807, 2.05) is 6.92 Å². The molecule has 0 aliphatic heterocycles. The van der Waals surface area contributed by atoms with E-state index < -0.39 is 17.4 Å². The smallest absolute Gasteiger partial charge is 0.293 e. The summed E-state index contributed by atoms with van der Waals surface area (Å²) in [6.07, 6.45) is 4.48. The van der Waals surface area contributed by atoms with Crippen LogP contribution in [0.3, 0.4) is 0 Å². The molecule has 3 heterocycles. The van der Waals surface area contributed by atoms with Gasteiger partial charge in [0.25, 0.3) is 5.91 Å². The fourth-order valence-electron chi connectivity index (χ4n) is 5.91. The van der Waals surface area contributed by atoms with Crippen molar-refractivity contribution in [3.8, 4) is 0 Å². The minimum Gasteiger partial charge on any atom is -0.459 e. The van der Waals surface area contributed by atoms with Crippen LogP contribution in [0.5, 0.6) is 0 Å². The number of carbonyl (C=O) groups is 2. The van der Waals surface area contributed by atoms with Crippen molar-refractivity contribution in [3.05, 3.63) is 46.3 Å². The number of nitrogens with zero attached hydrogens (tertiary/aromatic N) is 2. The highest BCUT2D eigenvalue weighted by molar-refractivity contribution is 7.16. The molecule has 0 radical (unpaired) electrons. The Kier molecular flexibility index (Phi) is 6.28. The second-order valence-electron chi connectivity index (χ2n) is 9.88. The lowest BCUT2D eigenvalue weighted by Crippen LogP contribution is -2.57. The van der Waals surface area contributed by atoms with Gasteiger partial charge >= 0.3 is 0 Å². The summed E-state index contributed by atoms with van der Waals surface area (Å²) in [4.78, 5) is 35.5. The molecule has 11 heteroatoms. The largest absolute Gasteiger partial charge is 0.459 e. The lowest BCUT2D eigenvalue weighted by atomic mass is 9.47. The Morgan fingerprint density at radius 3 is 2.80 bits per heavy atom. The lowest BCUT2D eigenvalue weighted by molar-refractivity contribution is -0.143. The van der Waals surface area contributed by atoms with Gasteiger partial charge < -0.3 is 19.9 Å². The number of thiazole rings is 2. The molecule has 3 aromatic rings. The topological polar surface area (TPSA) is 138 Å². The Hall–Kier alpha value is -2.60. The number of aliphatic hydroxyl groups excluding tert-OH is 2. The lowest BCUT2D eigenvalue weighted by Gasteiger charge is -2.58. The molecule has 35 heavy (non-hydrogen) atoms. The van der Waals surface area contributed by atoms with E-state index in [0.29, 0.717) is 29.5 Å². The molecule has 0 aromatic carbocycles. The summed E-state index contributed by atoms with van der Waals surface area (Å²) in [6, 6.07) is 3.23. The number of hydrogen-bond donors (Lipinski definition) is 4. The van der Waals surface area contributed by atoms with Crippen molar-refractivity contribution in [2.45, 2.75) is 51.6 Å². The molecule has 0 saturated heterocycles. The van der Waals surface area contributed by atoms with Crippen molar-refractivity contribution >= 4 is 44.8 Å². The van der Waals surface area contributed by atoms with Crippen molar-refractivity contribution in [2.75, 3.05) is 17.2 Å². The number of amides is 2. The number of hydrogen-bond acceptors (Lipinski definition) is 9. The van der Waals surface area contributed by atoms with E-state index in [4.69, 9.17) is 9.40 Å². The van der Waals surface area contributed by atoms with Gasteiger partial charge in [-0.3, -0.25) is 14.9 Å². The molecule has 0 bridgehead atoms. The van der Waals surface area contributed by atoms with Crippen molar-refractivity contribution in [3.63, 3.8) is 0 Å². The molecule has 186 valence electrons. The van der Waals surface area contributed by atoms with Gasteiger partial charge in [-0.2, -0.15) is 0 Å². The highest BCUT2D eigenvalue weighted by Crippen LogP contribution is 2.62. The van der Waals surface area contributed by atoms with Crippen molar-refractivity contribution in [2.24, 2.45) is 16.7 Å². The van der Waals surface area contributed by atoms with Gasteiger partial charge in [-0.05, 0) is 42.7 Å². The standard InChI is InChI=1S/C24H28N4O5S2/c1-23-6-5-17(30)24(2,12-29)16(23)11-15-19(13(23)10-18(31)26-21-25-7-9-34-21)27-22(35-15)28-20(32)14-4-3-8-33-14/h3-4,7-9,13,16-17,29-30H,5-6,10-12H2,1-2H3,(H,25,26,31)(H,27,28,32). The number of aliphatic hydroxyl groups is 2. The van der Waals surface area contributed by atoms with Crippen molar-refractivity contribution in [1.82, 2.24) is 9.97 Å². The molecule has 2 aliphatic rings. The molecule has 5 rings (SSSR count). The Bertz CT molecular complexity index is 1210. The SMILES string of the molecule is CC1(CO)C(O)CCC2(C)C(CC(=O)Nc3nccs3)c3nc(NC(=O)c4ccco4)sc3CC12. The van der Waals surface area contributed by atoms with Gasteiger partial charge in [0.05, 0.1) is 24.7 Å². The number of furan rings is 1. The summed E-state index contributed by atoms with van der Waals surface area (Å²) < 4.78 is 5.19. The van der Waals surface area contributed by atoms with Gasteiger partial charge in [-0.1, -0.05) is 13.8 Å². The summed E-state index contributed by atoms with van der Waals surface area (Å²) in [5, 5.41) is 29.7. The second-order valence-corrected chi connectivity index (χ2v) is 11.9. The molecule has 3 aromatic heterocycles. The van der Waals surface area contributed by atoms with E-state index in [2.05, 4.69) is 22.5 Å². The highest BCUT2D eigenvalue weighted by Gasteiger charge is 2.59. The fraction of sp³-hybridized carbons (Fsp3) is 0.500. The zero-order chi connectivity index (χ0) is 24.8. The maximum Gasteiger partial charge on any atom is 0.293 e. The van der Waals surface area contributed by atoms with Crippen LogP contribution < -0.4 is 10.6 Å². The second kappa shape index (κ2) is 9.12. The Balaban J connectivity index is 1.50. The molecular weight excluding hydrogens is 488 g/mol. The summed E-state index contributed by atoms with van der Waals surface area (Å²) >= 11 is 2.73. The number of fused-ring (bicyclic) bond motifs is 2. The van der Waals surface area contributed by atoms with E-state index in [1.165, 1.54) is 28.9 Å². The summed E-state index contributed by atoms with van der Waals surface area (Å²) in [5.74, 6) is -0.681. The van der Waals surface area contributed by atoms with Crippen LogP contribution in [0.25, 0.3) is 0 Å². The molecular formula is C24H28N4O5S2. The molecule has 9 nitrogen and oxygen atoms in total. The maximum absolute atomic E-state index is 13.1. The number of nitrogens with one attached hydrogen (secondary N) is 2. The molecule has 5 unspecified atom stereocenters. The van der Waals surface area contributed by atoms with Gasteiger partial charge in [0.2, 0.25) is 5.91 Å². The number of rotatable bonds is 6. The van der Waals surface area contributed by atoms with Crippen molar-refractivity contribution in [1.29, 1.82) is 0 Å². The molecule has 2 aliphatic carbocycles. The first-order valence-electron chi connectivity index (χ1n) is 11.6. The molecule has 4 N–H and O–H groups in total. The van der Waals surface area contributed by atoms with Gasteiger partial charge in [-0.15, -0.1) is 22.7 Å². The molecule has 1 saturated carbocycles. The van der Waals surface area contributed by atoms with Crippen LogP contribution in [0.4, 0.5) is 10.3 Å². The predicted octanol–water partition coefficient (Wildman–Crippen LogP) is 3.89. The normalized spacial score (nSPS) is 29.8. The van der Waals surface area contributed by atoms with Gasteiger partial charge in [0, 0.05) is 34.2 Å². The Morgan fingerprint density at radius 1 is 1.29 bits per heavy atom. The van der Waals surface area contributed by atoms with E-state index in [9.17, 15) is 19.8 Å². The quantitative estimate of drug-likeness (QED) is 0.390. The van der Waals surface area contributed by atoms with E-state index in [-0.39, 0.29) is 41.9 Å². The van der Waals surface area contributed by atoms with Gasteiger partial charge in [0.15, 0.2) is 16.0 Å². The van der Waals surface area contributed by atoms with Crippen LogP contribution in [-0.4, -0.2) is 44.7 Å². The third kappa shape index (κ3) is 4.20. The third-order valence-electron chi connectivity index (χ3n) is 7.93. The zero-order valence-corrected chi connectivity index (χ0v) is 21.1. The first-order valence-corrected chi connectivity index (χ1v) is 13.3. The van der Waals surface area contributed by atoms with E-state index in [1.54, 1.807) is 23.7 Å². The van der Waals surface area contributed by atoms with Crippen LogP contribution in [0.2, 0.25) is 0 Å². The van der Waals surface area contributed by atoms with E-state index in [0.717, 1.165) is 10.6 Å². The van der Waals surface area contributed by atoms with Crippen LogP contribution >= 0.6 is 22.7 Å². The number of carbonyl (C=O) groups excluding carboxylic acids is 2. The first kappa shape index (κ1) is 24.1. The monoisotopic (exact) mass is 516 g/mol. The van der Waals surface area contributed by atoms with Gasteiger partial charge in [0.1, 0.15) is 0 Å². The molecule has 2 amide bonds. The third-order valence-corrected chi connectivity index (χ3v) is 9.62. The number of aromatic nitrogens is 2. The number of anilines is 2. The summed E-state index contributed by atoms with van der Waals surface area (Å²) in [5.41, 5.74) is -0.286. The first-order chi connectivity index (χ1) is 16.7. The summed E-state index contributed by atoms with van der Waals surface area (Å²) in [7, 11) is 0. The average molecular weight is 517 g/mol. The van der Waals surface area contributed by atoms with Gasteiger partial charge in [-0.25, -0.2) is 9.97 Å². The molecule has 1 fully saturated rings. The van der Waals surface area contributed by atoms with E-state index >= 15 is 0 Å². The van der Waals surface area contributed by atoms with Crippen LogP contribution in [0.15, 0.2) is 34.4 Å². The predicted molar refractivity (Wildman–Crippen MR) is 133 cm³/mol. The minimum atomic E-state index is -0.712. The Labute approximate surface area is 210 Å². The fourth-order valence-corrected chi connectivity index (χ4v) is 7.52. The van der Waals surface area contributed by atoms with Crippen LogP contribution in [0.1, 0.15) is 60.2 Å². The Morgan fingerprint density at radius 2 is 2.11 bits per heavy atom. The van der Waals surface area contributed by atoms with Crippen LogP contribution in [0, 0.1) is 16.7 Å². The zero-order valence-electron chi connectivity index (χ0n) is 19.5. The maximum atomic E-state index is 13.1. The highest BCUT2D eigenvalue weighted by atomic mass is 32.1. The average Bonchev–Trinajstić information content (AvgIpc) is 3.60. The van der Waals surface area contributed by atoms with Crippen LogP contribution in [-0.2, 0) is 11.2 Å². The minimum absolute atomic E-state index is 0.0667. The summed E-state index contributed by atoms with van der Waals surface area (Å²) in [6.45, 7) is 3.92. The molecule has 5 atom stereocenters.